The average Bonchev–Trinajstić information content (AvgIpc) is 2.87. The van der Waals surface area contributed by atoms with E-state index >= 15 is 0 Å². The van der Waals surface area contributed by atoms with E-state index < -0.39 is 11.9 Å². The summed E-state index contributed by atoms with van der Waals surface area (Å²) in [5.74, 6) is -0.653. The van der Waals surface area contributed by atoms with Crippen molar-refractivity contribution in [3.63, 3.8) is 0 Å². The van der Waals surface area contributed by atoms with Crippen LogP contribution in [0.15, 0.2) is 42.6 Å². The lowest BCUT2D eigenvalue weighted by molar-refractivity contribution is 0.0690. The molecule has 11 heteroatoms. The van der Waals surface area contributed by atoms with Crippen LogP contribution in [-0.4, -0.2) is 58.3 Å². The molecule has 4 rings (SSSR count). The molecule has 2 N–H and O–H groups in total. The summed E-state index contributed by atoms with van der Waals surface area (Å²) in [7, 11) is 0. The Hall–Kier alpha value is -3.43. The Balaban J connectivity index is 1.51. The molecular formula is C24H21Cl2FN5O3. The van der Waals surface area contributed by atoms with E-state index in [4.69, 9.17) is 33.7 Å². The maximum absolute atomic E-state index is 13.9. The van der Waals surface area contributed by atoms with E-state index in [-0.39, 0.29) is 33.2 Å². The van der Waals surface area contributed by atoms with Crippen molar-refractivity contribution in [1.29, 1.82) is 0 Å². The van der Waals surface area contributed by atoms with Crippen LogP contribution in [0.4, 0.5) is 10.2 Å². The van der Waals surface area contributed by atoms with E-state index in [1.807, 2.05) is 6.41 Å². The molecule has 1 aromatic heterocycles. The summed E-state index contributed by atoms with van der Waals surface area (Å²) in [6, 6.07) is 9.46. The van der Waals surface area contributed by atoms with Crippen LogP contribution in [0.5, 0.6) is 5.88 Å². The van der Waals surface area contributed by atoms with Gasteiger partial charge in [0.05, 0.1) is 16.9 Å². The summed E-state index contributed by atoms with van der Waals surface area (Å²) in [5.41, 5.74) is 7.89. The monoisotopic (exact) mass is 516 g/mol. The Morgan fingerprint density at radius 3 is 2.49 bits per heavy atom. The van der Waals surface area contributed by atoms with Crippen LogP contribution in [0.25, 0.3) is 11.3 Å². The maximum Gasteiger partial charge on any atom is 0.312 e. The van der Waals surface area contributed by atoms with E-state index in [1.54, 1.807) is 36.1 Å². The zero-order valence-corrected chi connectivity index (χ0v) is 20.2. The van der Waals surface area contributed by atoms with E-state index in [0.29, 0.717) is 43.0 Å². The van der Waals surface area contributed by atoms with Gasteiger partial charge in [-0.1, -0.05) is 35.3 Å². The molecule has 1 saturated heterocycles. The Morgan fingerprint density at radius 1 is 1.14 bits per heavy atom. The van der Waals surface area contributed by atoms with Gasteiger partial charge in [-0.3, -0.25) is 9.59 Å². The normalized spacial score (nSPS) is 14.5. The molecule has 0 spiro atoms. The first-order valence-corrected chi connectivity index (χ1v) is 11.5. The van der Waals surface area contributed by atoms with Gasteiger partial charge < -0.3 is 20.3 Å². The van der Waals surface area contributed by atoms with E-state index in [2.05, 4.69) is 9.97 Å². The van der Waals surface area contributed by atoms with Gasteiger partial charge in [-0.05, 0) is 31.2 Å². The van der Waals surface area contributed by atoms with Gasteiger partial charge >= 0.3 is 6.41 Å². The van der Waals surface area contributed by atoms with Gasteiger partial charge in [-0.25, -0.2) is 14.4 Å². The summed E-state index contributed by atoms with van der Waals surface area (Å²) in [6.07, 6.45) is 2.58. The number of aromatic nitrogens is 2. The van der Waals surface area contributed by atoms with Crippen LogP contribution >= 0.6 is 23.2 Å². The van der Waals surface area contributed by atoms with Crippen molar-refractivity contribution in [2.75, 3.05) is 31.9 Å². The molecule has 2 heterocycles. The van der Waals surface area contributed by atoms with Gasteiger partial charge in [0.1, 0.15) is 11.9 Å². The Morgan fingerprint density at radius 2 is 1.83 bits per heavy atom. The highest BCUT2D eigenvalue weighted by Gasteiger charge is 2.23. The maximum atomic E-state index is 13.9. The first kappa shape index (κ1) is 24.7. The van der Waals surface area contributed by atoms with Gasteiger partial charge in [-0.15, -0.1) is 0 Å². The molecule has 0 saturated carbocycles. The molecule has 0 unspecified atom stereocenters. The molecule has 1 aliphatic rings. The van der Waals surface area contributed by atoms with Crippen molar-refractivity contribution in [1.82, 2.24) is 19.8 Å². The van der Waals surface area contributed by atoms with Crippen LogP contribution < -0.4 is 10.5 Å². The SMILES string of the molecule is C[C@@H](Oc1nc(-c2ccc(C(=O)N3CCN([C]=O)CC3)cc2)cnc1N)c1c(Cl)ccc(F)c1Cl. The fraction of sp³-hybridized carbons (Fsp3) is 0.250. The Bertz CT molecular complexity index is 1250. The minimum atomic E-state index is -0.755. The predicted octanol–water partition coefficient (Wildman–Crippen LogP) is 4.14. The molecule has 1 fully saturated rings. The van der Waals surface area contributed by atoms with Crippen molar-refractivity contribution in [2.24, 2.45) is 0 Å². The molecular weight excluding hydrogens is 496 g/mol. The highest BCUT2D eigenvalue weighted by atomic mass is 35.5. The quantitative estimate of drug-likeness (QED) is 0.494. The predicted molar refractivity (Wildman–Crippen MR) is 131 cm³/mol. The number of hydrogen-bond donors (Lipinski definition) is 1. The van der Waals surface area contributed by atoms with Gasteiger partial charge in [0.15, 0.2) is 5.82 Å². The van der Waals surface area contributed by atoms with Crippen molar-refractivity contribution in [2.45, 2.75) is 13.0 Å². The van der Waals surface area contributed by atoms with Gasteiger partial charge in [-0.2, -0.15) is 0 Å². The number of anilines is 1. The molecule has 0 bridgehead atoms. The van der Waals surface area contributed by atoms with Gasteiger partial charge in [0, 0.05) is 47.9 Å². The molecule has 2 amide bonds. The summed E-state index contributed by atoms with van der Waals surface area (Å²) in [4.78, 5) is 35.3. The van der Waals surface area contributed by atoms with Crippen LogP contribution in [-0.2, 0) is 4.79 Å². The molecule has 1 radical (unpaired) electrons. The molecule has 2 aromatic carbocycles. The number of hydrogen-bond acceptors (Lipinski definition) is 6. The van der Waals surface area contributed by atoms with Crippen molar-refractivity contribution < 1.29 is 18.7 Å². The third-order valence-corrected chi connectivity index (χ3v) is 6.38. The summed E-state index contributed by atoms with van der Waals surface area (Å²) in [5, 5.41) is 0.108. The molecule has 181 valence electrons. The number of nitrogens with zero attached hydrogens (tertiary/aromatic N) is 4. The Labute approximate surface area is 211 Å². The summed E-state index contributed by atoms with van der Waals surface area (Å²) in [6.45, 7) is 3.48. The number of rotatable bonds is 6. The number of carbonyl (C=O) groups is 1. The second-order valence-electron chi connectivity index (χ2n) is 7.91. The number of benzene rings is 2. The van der Waals surface area contributed by atoms with E-state index in [0.717, 1.165) is 0 Å². The zero-order chi connectivity index (χ0) is 25.1. The minimum Gasteiger partial charge on any atom is -0.467 e. The number of halogens is 3. The summed E-state index contributed by atoms with van der Waals surface area (Å²) >= 11 is 12.3. The number of nitrogens with two attached hydrogens (primary N) is 1. The number of amides is 2. The first-order valence-electron chi connectivity index (χ1n) is 10.7. The van der Waals surface area contributed by atoms with E-state index in [9.17, 15) is 14.0 Å². The largest absolute Gasteiger partial charge is 0.467 e. The zero-order valence-electron chi connectivity index (χ0n) is 18.7. The first-order chi connectivity index (χ1) is 16.8. The molecule has 8 nitrogen and oxygen atoms in total. The van der Waals surface area contributed by atoms with Gasteiger partial charge in [0.2, 0.25) is 0 Å². The topological polar surface area (TPSA) is 102 Å². The van der Waals surface area contributed by atoms with Crippen LogP contribution in [0.1, 0.15) is 28.9 Å². The molecule has 1 aliphatic heterocycles. The third-order valence-electron chi connectivity index (χ3n) is 5.67. The molecule has 35 heavy (non-hydrogen) atoms. The molecule has 0 aliphatic carbocycles. The fourth-order valence-corrected chi connectivity index (χ4v) is 4.39. The lowest BCUT2D eigenvalue weighted by atomic mass is 10.1. The average molecular weight is 517 g/mol. The van der Waals surface area contributed by atoms with Crippen LogP contribution in [0.2, 0.25) is 10.0 Å². The van der Waals surface area contributed by atoms with Crippen LogP contribution in [0.3, 0.4) is 0 Å². The summed E-state index contributed by atoms with van der Waals surface area (Å²) < 4.78 is 19.8. The number of ether oxygens (including phenoxy) is 1. The molecule has 3 aromatic rings. The fourth-order valence-electron chi connectivity index (χ4n) is 3.72. The lowest BCUT2D eigenvalue weighted by Crippen LogP contribution is -2.48. The highest BCUT2D eigenvalue weighted by molar-refractivity contribution is 6.36. The second kappa shape index (κ2) is 10.5. The second-order valence-corrected chi connectivity index (χ2v) is 8.70. The highest BCUT2D eigenvalue weighted by Crippen LogP contribution is 2.35. The number of nitrogen functional groups attached to an aromatic ring is 1. The van der Waals surface area contributed by atoms with E-state index in [1.165, 1.54) is 23.2 Å². The standard InChI is InChI=1S/C24H21Cl2FN5O3/c1-14(20-17(25)6-7-18(27)21(20)26)35-23-22(28)29-12-19(30-23)15-2-4-16(5-3-15)24(34)32-10-8-31(13-33)9-11-32/h2-7,12,14H,8-11H2,1H3,(H2,28,29)/t14-/m1/s1. The van der Waals surface area contributed by atoms with Crippen LogP contribution in [0, 0.1) is 5.82 Å². The number of carbonyl (C=O) groups excluding carboxylic acids is 2. The third kappa shape index (κ3) is 5.31. The van der Waals surface area contributed by atoms with Crippen molar-refractivity contribution in [3.05, 3.63) is 69.6 Å². The van der Waals surface area contributed by atoms with Crippen molar-refractivity contribution >= 4 is 41.3 Å². The van der Waals surface area contributed by atoms with Gasteiger partial charge in [0.25, 0.3) is 11.8 Å². The minimum absolute atomic E-state index is 0.0383. The lowest BCUT2D eigenvalue weighted by Gasteiger charge is -2.32. The smallest absolute Gasteiger partial charge is 0.312 e. The Kier molecular flexibility index (Phi) is 7.37. The number of piperazine rings is 1. The molecule has 1 atom stereocenters. The van der Waals surface area contributed by atoms with Crippen molar-refractivity contribution in [3.8, 4) is 17.1 Å².